The highest BCUT2D eigenvalue weighted by Crippen LogP contribution is 2.10. The van der Waals surface area contributed by atoms with Gasteiger partial charge < -0.3 is 10.4 Å². The lowest BCUT2D eigenvalue weighted by molar-refractivity contribution is -0.125. The van der Waals surface area contributed by atoms with Crippen LogP contribution in [0.25, 0.3) is 0 Å². The molecule has 0 spiro atoms. The minimum atomic E-state index is -0.915. The zero-order valence-corrected chi connectivity index (χ0v) is 12.9. The molecule has 5 heteroatoms. The molecule has 0 saturated carbocycles. The summed E-state index contributed by atoms with van der Waals surface area (Å²) in [7, 11) is 1.87. The molecule has 1 aromatic rings. The summed E-state index contributed by atoms with van der Waals surface area (Å²) in [6.07, 6.45) is 1.51. The standard InChI is InChI=1S/C16H24N2O3/c1-4-10-17-15(19)12(2)18(3)11-9-13-7-5-6-8-14(13)16(20)21/h5-8,12H,4,9-11H2,1-3H3,(H,17,19)(H,20,21). The van der Waals surface area contributed by atoms with E-state index in [0.29, 0.717) is 25.1 Å². The van der Waals surface area contributed by atoms with Crippen LogP contribution in [0.3, 0.4) is 0 Å². The topological polar surface area (TPSA) is 69.6 Å². The molecule has 116 valence electrons. The monoisotopic (exact) mass is 292 g/mol. The number of carboxylic acids is 1. The lowest BCUT2D eigenvalue weighted by Gasteiger charge is -2.24. The van der Waals surface area contributed by atoms with Crippen LogP contribution in [-0.4, -0.2) is 48.1 Å². The summed E-state index contributed by atoms with van der Waals surface area (Å²) in [6.45, 7) is 5.18. The fourth-order valence-electron chi connectivity index (χ4n) is 2.03. The Morgan fingerprint density at radius 1 is 1.33 bits per heavy atom. The van der Waals surface area contributed by atoms with E-state index >= 15 is 0 Å². The smallest absolute Gasteiger partial charge is 0.335 e. The molecule has 1 unspecified atom stereocenters. The van der Waals surface area contributed by atoms with E-state index in [-0.39, 0.29) is 11.9 Å². The Balaban J connectivity index is 2.58. The molecule has 1 amide bonds. The maximum absolute atomic E-state index is 11.9. The van der Waals surface area contributed by atoms with Gasteiger partial charge in [0.2, 0.25) is 5.91 Å². The first kappa shape index (κ1) is 17.2. The van der Waals surface area contributed by atoms with Crippen molar-refractivity contribution in [3.8, 4) is 0 Å². The van der Waals surface area contributed by atoms with Crippen LogP contribution in [0, 0.1) is 0 Å². The van der Waals surface area contributed by atoms with Crippen LogP contribution in [-0.2, 0) is 11.2 Å². The van der Waals surface area contributed by atoms with Crippen LogP contribution in [0.1, 0.15) is 36.2 Å². The Hall–Kier alpha value is -1.88. The molecular weight excluding hydrogens is 268 g/mol. The Morgan fingerprint density at radius 3 is 2.62 bits per heavy atom. The molecule has 5 nitrogen and oxygen atoms in total. The van der Waals surface area contributed by atoms with Gasteiger partial charge in [-0.05, 0) is 38.4 Å². The maximum atomic E-state index is 11.9. The number of carbonyl (C=O) groups is 2. The first-order chi connectivity index (χ1) is 9.97. The Morgan fingerprint density at radius 2 is 2.00 bits per heavy atom. The summed E-state index contributed by atoms with van der Waals surface area (Å²) >= 11 is 0. The van der Waals surface area contributed by atoms with E-state index in [2.05, 4.69) is 5.32 Å². The molecule has 0 heterocycles. The van der Waals surface area contributed by atoms with Gasteiger partial charge in [-0.2, -0.15) is 0 Å². The zero-order chi connectivity index (χ0) is 15.8. The summed E-state index contributed by atoms with van der Waals surface area (Å²) in [4.78, 5) is 25.0. The molecule has 0 aliphatic heterocycles. The van der Waals surface area contributed by atoms with E-state index in [9.17, 15) is 9.59 Å². The fourth-order valence-corrected chi connectivity index (χ4v) is 2.03. The first-order valence-corrected chi connectivity index (χ1v) is 7.26. The molecule has 21 heavy (non-hydrogen) atoms. The van der Waals surface area contributed by atoms with Crippen LogP contribution < -0.4 is 5.32 Å². The van der Waals surface area contributed by atoms with Gasteiger partial charge in [0.1, 0.15) is 0 Å². The van der Waals surface area contributed by atoms with Crippen LogP contribution in [0.4, 0.5) is 0 Å². The van der Waals surface area contributed by atoms with E-state index < -0.39 is 5.97 Å². The van der Waals surface area contributed by atoms with Crippen molar-refractivity contribution in [2.75, 3.05) is 20.1 Å². The lowest BCUT2D eigenvalue weighted by atomic mass is 10.0. The number of amides is 1. The SMILES string of the molecule is CCCNC(=O)C(C)N(C)CCc1ccccc1C(=O)O. The van der Waals surface area contributed by atoms with Gasteiger partial charge in [-0.1, -0.05) is 25.1 Å². The molecule has 1 aromatic carbocycles. The number of likely N-dealkylation sites (N-methyl/N-ethyl adjacent to an activating group) is 1. The van der Waals surface area contributed by atoms with Crippen molar-refractivity contribution in [2.45, 2.75) is 32.7 Å². The number of nitrogens with one attached hydrogen (secondary N) is 1. The Kier molecular flexibility index (Phi) is 6.88. The molecule has 0 bridgehead atoms. The molecule has 0 aliphatic carbocycles. The van der Waals surface area contributed by atoms with Gasteiger partial charge in [-0.15, -0.1) is 0 Å². The highest BCUT2D eigenvalue weighted by molar-refractivity contribution is 5.89. The van der Waals surface area contributed by atoms with Gasteiger partial charge >= 0.3 is 5.97 Å². The largest absolute Gasteiger partial charge is 0.478 e. The number of hydrogen-bond acceptors (Lipinski definition) is 3. The number of nitrogens with zero attached hydrogens (tertiary/aromatic N) is 1. The number of hydrogen-bond donors (Lipinski definition) is 2. The second-order valence-electron chi connectivity index (χ2n) is 5.16. The first-order valence-electron chi connectivity index (χ1n) is 7.26. The van der Waals surface area contributed by atoms with Crippen LogP contribution in [0.15, 0.2) is 24.3 Å². The fraction of sp³-hybridized carbons (Fsp3) is 0.500. The average Bonchev–Trinajstić information content (AvgIpc) is 2.49. The number of carbonyl (C=O) groups excluding carboxylic acids is 1. The third-order valence-corrected chi connectivity index (χ3v) is 3.57. The molecule has 1 rings (SSSR count). The summed E-state index contributed by atoms with van der Waals surface area (Å²) < 4.78 is 0. The van der Waals surface area contributed by atoms with Gasteiger partial charge in [0, 0.05) is 13.1 Å². The predicted molar refractivity (Wildman–Crippen MR) is 82.5 cm³/mol. The molecule has 0 aromatic heterocycles. The van der Waals surface area contributed by atoms with Crippen LogP contribution in [0.2, 0.25) is 0 Å². The van der Waals surface area contributed by atoms with Crippen molar-refractivity contribution in [3.05, 3.63) is 35.4 Å². The van der Waals surface area contributed by atoms with Crippen LogP contribution in [0.5, 0.6) is 0 Å². The molecule has 2 N–H and O–H groups in total. The van der Waals surface area contributed by atoms with Gasteiger partial charge in [-0.3, -0.25) is 9.69 Å². The van der Waals surface area contributed by atoms with Crippen molar-refractivity contribution in [1.82, 2.24) is 10.2 Å². The molecule has 1 atom stereocenters. The van der Waals surface area contributed by atoms with Crippen molar-refractivity contribution >= 4 is 11.9 Å². The zero-order valence-electron chi connectivity index (χ0n) is 12.9. The van der Waals surface area contributed by atoms with Crippen molar-refractivity contribution in [2.24, 2.45) is 0 Å². The molecule has 0 fully saturated rings. The van der Waals surface area contributed by atoms with E-state index in [1.54, 1.807) is 12.1 Å². The number of carboxylic acid groups (broad SMARTS) is 1. The molecule has 0 saturated heterocycles. The third-order valence-electron chi connectivity index (χ3n) is 3.57. The number of rotatable bonds is 8. The maximum Gasteiger partial charge on any atom is 0.335 e. The summed E-state index contributed by atoms with van der Waals surface area (Å²) in [6, 6.07) is 6.75. The van der Waals surface area contributed by atoms with Crippen LogP contribution >= 0.6 is 0 Å². The quantitative estimate of drug-likeness (QED) is 0.766. The number of benzene rings is 1. The van der Waals surface area contributed by atoms with E-state index in [0.717, 1.165) is 12.0 Å². The van der Waals surface area contributed by atoms with Crippen molar-refractivity contribution in [1.29, 1.82) is 0 Å². The van der Waals surface area contributed by atoms with Gasteiger partial charge in [0.15, 0.2) is 0 Å². The van der Waals surface area contributed by atoms with E-state index in [1.165, 1.54) is 0 Å². The van der Waals surface area contributed by atoms with E-state index in [4.69, 9.17) is 5.11 Å². The van der Waals surface area contributed by atoms with Gasteiger partial charge in [-0.25, -0.2) is 4.79 Å². The van der Waals surface area contributed by atoms with Gasteiger partial charge in [0.05, 0.1) is 11.6 Å². The average molecular weight is 292 g/mol. The third kappa shape index (κ3) is 5.19. The summed E-state index contributed by atoms with van der Waals surface area (Å²) in [5, 5.41) is 12.0. The summed E-state index contributed by atoms with van der Waals surface area (Å²) in [5.74, 6) is -0.909. The van der Waals surface area contributed by atoms with E-state index in [1.807, 2.05) is 37.9 Å². The Labute approximate surface area is 126 Å². The predicted octanol–water partition coefficient (Wildman–Crippen LogP) is 1.77. The second-order valence-corrected chi connectivity index (χ2v) is 5.16. The second kappa shape index (κ2) is 8.42. The lowest BCUT2D eigenvalue weighted by Crippen LogP contribution is -2.44. The van der Waals surface area contributed by atoms with Crippen molar-refractivity contribution < 1.29 is 14.7 Å². The molecule has 0 radical (unpaired) electrons. The minimum absolute atomic E-state index is 0.00543. The molecule has 0 aliphatic rings. The summed E-state index contributed by atoms with van der Waals surface area (Å²) in [5.41, 5.74) is 1.12. The highest BCUT2D eigenvalue weighted by Gasteiger charge is 2.18. The molecular formula is C16H24N2O3. The Bertz CT molecular complexity index is 488. The highest BCUT2D eigenvalue weighted by atomic mass is 16.4. The number of aromatic carboxylic acids is 1. The minimum Gasteiger partial charge on any atom is -0.478 e. The van der Waals surface area contributed by atoms with Crippen molar-refractivity contribution in [3.63, 3.8) is 0 Å². The van der Waals surface area contributed by atoms with Gasteiger partial charge in [0.25, 0.3) is 0 Å². The normalized spacial score (nSPS) is 12.2.